The largest absolute Gasteiger partial charge is 0.493 e. The summed E-state index contributed by atoms with van der Waals surface area (Å²) in [6.45, 7) is 0. The average Bonchev–Trinajstić information content (AvgIpc) is 2.87. The number of carbonyl (C=O) groups excluding carboxylic acids is 1. The summed E-state index contributed by atoms with van der Waals surface area (Å²) >= 11 is 3.55. The van der Waals surface area contributed by atoms with Crippen LogP contribution in [0.15, 0.2) is 70.5 Å². The lowest BCUT2D eigenvalue weighted by molar-refractivity contribution is 0.0733. The number of rotatable bonds is 6. The number of esters is 1. The topological polar surface area (TPSA) is 113 Å². The molecule has 0 saturated carbocycles. The molecule has 0 amide bonds. The van der Waals surface area contributed by atoms with Gasteiger partial charge in [-0.3, -0.25) is 0 Å². The third-order valence-electron chi connectivity index (χ3n) is 5.52. The number of nitrogens with two attached hydrogens (primary N) is 1. The van der Waals surface area contributed by atoms with Gasteiger partial charge in [-0.05, 0) is 29.8 Å². The van der Waals surface area contributed by atoms with Gasteiger partial charge in [0.25, 0.3) is 0 Å². The highest BCUT2D eigenvalue weighted by Crippen LogP contribution is 2.45. The fourth-order valence-electron chi connectivity index (χ4n) is 3.89. The van der Waals surface area contributed by atoms with Crippen molar-refractivity contribution in [2.45, 2.75) is 5.92 Å². The van der Waals surface area contributed by atoms with Crippen molar-refractivity contribution >= 4 is 21.9 Å². The number of nitrogens with zero attached hydrogens (tertiary/aromatic N) is 1. The smallest absolute Gasteiger partial charge is 0.343 e. The molecule has 1 aliphatic heterocycles. The molecule has 0 bridgehead atoms. The molecule has 4 rings (SSSR count). The van der Waals surface area contributed by atoms with Crippen molar-refractivity contribution in [1.29, 1.82) is 5.26 Å². The average molecular weight is 537 g/mol. The van der Waals surface area contributed by atoms with Crippen LogP contribution < -0.4 is 29.4 Å². The normalized spacial score (nSPS) is 14.3. The maximum Gasteiger partial charge on any atom is 0.343 e. The van der Waals surface area contributed by atoms with E-state index >= 15 is 0 Å². The number of allylic oxidation sites excluding steroid dienone is 1. The van der Waals surface area contributed by atoms with Gasteiger partial charge in [-0.2, -0.15) is 5.26 Å². The van der Waals surface area contributed by atoms with Crippen LogP contribution in [0.2, 0.25) is 0 Å². The van der Waals surface area contributed by atoms with Crippen molar-refractivity contribution in [3.05, 3.63) is 87.2 Å². The molecular weight excluding hydrogens is 516 g/mol. The van der Waals surface area contributed by atoms with Crippen LogP contribution >= 0.6 is 15.9 Å². The third-order valence-corrected chi connectivity index (χ3v) is 6.24. The lowest BCUT2D eigenvalue weighted by Crippen LogP contribution is -2.21. The van der Waals surface area contributed by atoms with Gasteiger partial charge in [0.05, 0.1) is 32.8 Å². The first kappa shape index (κ1) is 24.0. The molecule has 35 heavy (non-hydrogen) atoms. The minimum Gasteiger partial charge on any atom is -0.493 e. The minimum absolute atomic E-state index is 0.00569. The molecule has 178 valence electrons. The Kier molecular flexibility index (Phi) is 6.85. The number of methoxy groups -OCH3 is 3. The van der Waals surface area contributed by atoms with Gasteiger partial charge in [0, 0.05) is 16.1 Å². The van der Waals surface area contributed by atoms with E-state index in [0.29, 0.717) is 28.6 Å². The number of ether oxygens (including phenoxy) is 5. The van der Waals surface area contributed by atoms with Crippen molar-refractivity contribution in [2.24, 2.45) is 5.73 Å². The Morgan fingerprint density at radius 1 is 1.00 bits per heavy atom. The first-order valence-electron chi connectivity index (χ1n) is 10.4. The molecular formula is C26H21BrN2O6. The maximum atomic E-state index is 12.9. The molecule has 0 spiro atoms. The van der Waals surface area contributed by atoms with Crippen LogP contribution in [-0.4, -0.2) is 27.3 Å². The van der Waals surface area contributed by atoms with Gasteiger partial charge in [-0.15, -0.1) is 0 Å². The molecule has 1 atom stereocenters. The second kappa shape index (κ2) is 9.99. The standard InChI is InChI=1S/C26H21BrN2O6/c1-31-21-10-14(11-22(32-2)24(21)33-3)26(30)34-15-8-9-17-20(12-15)35-25(29)18(13-28)23(17)16-6-4-5-7-19(16)27/h4-12,23H,29H2,1-3H3. The molecule has 0 aliphatic carbocycles. The molecule has 0 radical (unpaired) electrons. The van der Waals surface area contributed by atoms with Gasteiger partial charge in [0.15, 0.2) is 11.5 Å². The van der Waals surface area contributed by atoms with Gasteiger partial charge >= 0.3 is 5.97 Å². The van der Waals surface area contributed by atoms with Gasteiger partial charge in [0.2, 0.25) is 11.6 Å². The molecule has 1 aliphatic rings. The van der Waals surface area contributed by atoms with Gasteiger partial charge in [0.1, 0.15) is 23.1 Å². The van der Waals surface area contributed by atoms with Gasteiger partial charge < -0.3 is 29.4 Å². The van der Waals surface area contributed by atoms with Crippen LogP contribution in [0.3, 0.4) is 0 Å². The molecule has 0 saturated heterocycles. The summed E-state index contributed by atoms with van der Waals surface area (Å²) in [5.41, 5.74) is 8.17. The molecule has 3 aromatic rings. The van der Waals surface area contributed by atoms with Crippen molar-refractivity contribution in [3.8, 4) is 34.8 Å². The Balaban J connectivity index is 1.69. The maximum absolute atomic E-state index is 12.9. The third kappa shape index (κ3) is 4.48. The lowest BCUT2D eigenvalue weighted by atomic mass is 9.83. The zero-order valence-electron chi connectivity index (χ0n) is 19.1. The van der Waals surface area contributed by atoms with Crippen LogP contribution in [0.25, 0.3) is 0 Å². The van der Waals surface area contributed by atoms with E-state index < -0.39 is 11.9 Å². The summed E-state index contributed by atoms with van der Waals surface area (Å²) in [6.07, 6.45) is 0. The van der Waals surface area contributed by atoms with Crippen LogP contribution in [0, 0.1) is 11.3 Å². The fraction of sp³-hybridized carbons (Fsp3) is 0.154. The number of benzene rings is 3. The number of carbonyl (C=O) groups is 1. The Morgan fingerprint density at radius 3 is 2.29 bits per heavy atom. The molecule has 0 fully saturated rings. The van der Waals surface area contributed by atoms with E-state index in [9.17, 15) is 10.1 Å². The first-order chi connectivity index (χ1) is 16.9. The highest BCUT2D eigenvalue weighted by Gasteiger charge is 2.32. The number of nitriles is 1. The summed E-state index contributed by atoms with van der Waals surface area (Å²) in [7, 11) is 4.40. The lowest BCUT2D eigenvalue weighted by Gasteiger charge is -2.27. The van der Waals surface area contributed by atoms with Crippen molar-refractivity contribution in [3.63, 3.8) is 0 Å². The Bertz CT molecular complexity index is 1350. The SMILES string of the molecule is COc1cc(C(=O)Oc2ccc3c(c2)OC(N)=C(C#N)C3c2ccccc2Br)cc(OC)c1OC. The molecule has 1 unspecified atom stereocenters. The summed E-state index contributed by atoms with van der Waals surface area (Å²) in [4.78, 5) is 12.9. The van der Waals surface area contributed by atoms with E-state index in [1.54, 1.807) is 18.2 Å². The van der Waals surface area contributed by atoms with E-state index in [2.05, 4.69) is 22.0 Å². The van der Waals surface area contributed by atoms with E-state index in [-0.39, 0.29) is 17.2 Å². The van der Waals surface area contributed by atoms with E-state index in [1.807, 2.05) is 24.3 Å². The Hall–Kier alpha value is -4.16. The second-order valence-electron chi connectivity index (χ2n) is 7.45. The summed E-state index contributed by atoms with van der Waals surface area (Å²) < 4.78 is 28.1. The molecule has 9 heteroatoms. The Labute approximate surface area is 210 Å². The van der Waals surface area contributed by atoms with Crippen LogP contribution in [0.4, 0.5) is 0 Å². The molecule has 3 aromatic carbocycles. The van der Waals surface area contributed by atoms with Crippen molar-refractivity contribution in [1.82, 2.24) is 0 Å². The van der Waals surface area contributed by atoms with Crippen molar-refractivity contribution < 1.29 is 28.5 Å². The molecule has 0 aromatic heterocycles. The summed E-state index contributed by atoms with van der Waals surface area (Å²) in [6, 6.07) is 17.7. The number of halogens is 1. The highest BCUT2D eigenvalue weighted by atomic mass is 79.9. The molecule has 8 nitrogen and oxygen atoms in total. The number of fused-ring (bicyclic) bond motifs is 1. The molecule has 1 heterocycles. The quantitative estimate of drug-likeness (QED) is 0.349. The summed E-state index contributed by atoms with van der Waals surface area (Å²) in [5.74, 6) is 0.551. The van der Waals surface area contributed by atoms with E-state index in [0.717, 1.165) is 15.6 Å². The Morgan fingerprint density at radius 2 is 1.69 bits per heavy atom. The van der Waals surface area contributed by atoms with Crippen LogP contribution in [0.1, 0.15) is 27.4 Å². The first-order valence-corrected chi connectivity index (χ1v) is 11.2. The van der Waals surface area contributed by atoms with Crippen LogP contribution in [-0.2, 0) is 0 Å². The van der Waals surface area contributed by atoms with E-state index in [1.165, 1.54) is 33.5 Å². The van der Waals surface area contributed by atoms with Gasteiger partial charge in [-0.25, -0.2) is 4.79 Å². The second-order valence-corrected chi connectivity index (χ2v) is 8.30. The zero-order chi connectivity index (χ0) is 25.1. The summed E-state index contributed by atoms with van der Waals surface area (Å²) in [5, 5.41) is 9.75. The monoisotopic (exact) mass is 536 g/mol. The zero-order valence-corrected chi connectivity index (χ0v) is 20.7. The van der Waals surface area contributed by atoms with Crippen molar-refractivity contribution in [2.75, 3.05) is 21.3 Å². The van der Waals surface area contributed by atoms with Gasteiger partial charge in [-0.1, -0.05) is 40.2 Å². The van der Waals surface area contributed by atoms with Crippen LogP contribution in [0.5, 0.6) is 28.7 Å². The minimum atomic E-state index is -0.636. The molecule has 2 N–H and O–H groups in total. The fourth-order valence-corrected chi connectivity index (χ4v) is 4.41. The predicted octanol–water partition coefficient (Wildman–Crippen LogP) is 4.91. The number of hydrogen-bond donors (Lipinski definition) is 1. The van der Waals surface area contributed by atoms with E-state index in [4.69, 9.17) is 29.4 Å². The highest BCUT2D eigenvalue weighted by molar-refractivity contribution is 9.10. The number of hydrogen-bond acceptors (Lipinski definition) is 8. The predicted molar refractivity (Wildman–Crippen MR) is 131 cm³/mol.